The molecule has 0 aromatic heterocycles. The Bertz CT molecular complexity index is 755. The summed E-state index contributed by atoms with van der Waals surface area (Å²) in [6, 6.07) is 2.67. The Hall–Kier alpha value is -2.84. The van der Waals surface area contributed by atoms with E-state index in [2.05, 4.69) is 5.32 Å². The lowest BCUT2D eigenvalue weighted by atomic mass is 10.1. The van der Waals surface area contributed by atoms with Crippen molar-refractivity contribution in [1.29, 1.82) is 0 Å². The average Bonchev–Trinajstić information content (AvgIpc) is 2.55. The molecule has 0 aliphatic heterocycles. The largest absolute Gasteiger partial charge is 0.480 e. The predicted molar refractivity (Wildman–Crippen MR) is 110 cm³/mol. The third-order valence-corrected chi connectivity index (χ3v) is 3.66. The molecule has 1 rings (SSSR count). The smallest absolute Gasteiger partial charge is 0.420 e. The maximum Gasteiger partial charge on any atom is 0.420 e. The fourth-order valence-electron chi connectivity index (χ4n) is 2.36. The van der Waals surface area contributed by atoms with Crippen LogP contribution in [0.4, 0.5) is 19.7 Å². The summed E-state index contributed by atoms with van der Waals surface area (Å²) in [6.07, 6.45) is -1.62. The molecule has 0 aliphatic rings. The maximum atomic E-state index is 13.8. The van der Waals surface area contributed by atoms with Crippen LogP contribution in [0.2, 0.25) is 0 Å². The predicted octanol–water partition coefficient (Wildman–Crippen LogP) is 4.77. The van der Waals surface area contributed by atoms with Gasteiger partial charge in [-0.1, -0.05) is 13.0 Å². The molecule has 168 valence electrons. The molecule has 0 aliphatic carbocycles. The molecular formula is C21H31FN2O6. The summed E-state index contributed by atoms with van der Waals surface area (Å²) < 4.78 is 24.4. The van der Waals surface area contributed by atoms with Crippen molar-refractivity contribution < 1.29 is 33.4 Å². The Morgan fingerprint density at radius 1 is 1.07 bits per heavy atom. The van der Waals surface area contributed by atoms with Crippen LogP contribution in [0.25, 0.3) is 0 Å². The van der Waals surface area contributed by atoms with Crippen LogP contribution >= 0.6 is 0 Å². The monoisotopic (exact) mass is 426 g/mol. The number of carboxylic acids is 1. The molecule has 1 aromatic carbocycles. The molecule has 0 saturated heterocycles. The summed E-state index contributed by atoms with van der Waals surface area (Å²) in [5.41, 5.74) is -1.25. The van der Waals surface area contributed by atoms with Gasteiger partial charge in [0.2, 0.25) is 0 Å². The fraction of sp³-hybridized carbons (Fsp3) is 0.571. The van der Waals surface area contributed by atoms with E-state index >= 15 is 0 Å². The standard InChI is InChI=1S/C21H31FN2O6/c1-8-15(17(25)26)23-16-11-14(22)10-9-13(16)12-24(18(27)29-20(2,3)4)19(28)30-21(5,6)7/h9-11,15,23H,8,12H2,1-7H3,(H,25,26). The van der Waals surface area contributed by atoms with Gasteiger partial charge in [-0.05, 0) is 65.7 Å². The number of carbonyl (C=O) groups excluding carboxylic acids is 2. The van der Waals surface area contributed by atoms with Gasteiger partial charge in [-0.15, -0.1) is 0 Å². The first-order valence-electron chi connectivity index (χ1n) is 9.64. The van der Waals surface area contributed by atoms with Gasteiger partial charge in [-0.3, -0.25) is 0 Å². The molecule has 0 bridgehead atoms. The number of imide groups is 1. The molecule has 0 spiro atoms. The van der Waals surface area contributed by atoms with Gasteiger partial charge >= 0.3 is 18.2 Å². The van der Waals surface area contributed by atoms with E-state index in [0.717, 1.165) is 17.0 Å². The highest BCUT2D eigenvalue weighted by Crippen LogP contribution is 2.23. The van der Waals surface area contributed by atoms with Gasteiger partial charge in [0.1, 0.15) is 23.1 Å². The topological polar surface area (TPSA) is 105 Å². The summed E-state index contributed by atoms with van der Waals surface area (Å²) in [4.78, 5) is 37.5. The molecule has 0 fully saturated rings. The molecule has 8 nitrogen and oxygen atoms in total. The van der Waals surface area contributed by atoms with Crippen molar-refractivity contribution in [2.75, 3.05) is 5.32 Å². The molecule has 1 unspecified atom stereocenters. The summed E-state index contributed by atoms with van der Waals surface area (Å²) in [7, 11) is 0. The first-order valence-corrected chi connectivity index (χ1v) is 9.64. The second-order valence-corrected chi connectivity index (χ2v) is 8.79. The van der Waals surface area contributed by atoms with E-state index in [4.69, 9.17) is 9.47 Å². The molecule has 0 radical (unpaired) electrons. The van der Waals surface area contributed by atoms with Crippen molar-refractivity contribution in [3.63, 3.8) is 0 Å². The number of carbonyl (C=O) groups is 3. The lowest BCUT2D eigenvalue weighted by Gasteiger charge is -2.29. The first-order chi connectivity index (χ1) is 13.6. The minimum absolute atomic E-state index is 0.154. The van der Waals surface area contributed by atoms with Crippen LogP contribution in [0.15, 0.2) is 18.2 Å². The van der Waals surface area contributed by atoms with Crippen LogP contribution in [0.3, 0.4) is 0 Å². The number of benzene rings is 1. The zero-order valence-electron chi connectivity index (χ0n) is 18.5. The number of hydrogen-bond donors (Lipinski definition) is 2. The molecule has 1 atom stereocenters. The Balaban J connectivity index is 3.29. The van der Waals surface area contributed by atoms with Gasteiger partial charge in [-0.25, -0.2) is 23.7 Å². The summed E-state index contributed by atoms with van der Waals surface area (Å²) in [5, 5.41) is 12.0. The highest BCUT2D eigenvalue weighted by molar-refractivity contribution is 5.88. The van der Waals surface area contributed by atoms with Crippen LogP contribution in [-0.2, 0) is 20.8 Å². The van der Waals surface area contributed by atoms with Crippen molar-refractivity contribution in [3.05, 3.63) is 29.6 Å². The van der Waals surface area contributed by atoms with Gasteiger partial charge in [0.25, 0.3) is 0 Å². The zero-order chi connectivity index (χ0) is 23.3. The molecule has 0 heterocycles. The SMILES string of the molecule is CCC(Nc1cc(F)ccc1CN(C(=O)OC(C)(C)C)C(=O)OC(C)(C)C)C(=O)O. The van der Waals surface area contributed by atoms with E-state index in [-0.39, 0.29) is 18.7 Å². The number of carboxylic acid groups (broad SMARTS) is 1. The first kappa shape index (κ1) is 25.2. The van der Waals surface area contributed by atoms with Crippen LogP contribution in [-0.4, -0.2) is 45.4 Å². The summed E-state index contributed by atoms with van der Waals surface area (Å²) in [5.74, 6) is -1.70. The minimum atomic E-state index is -1.11. The number of nitrogens with zero attached hydrogens (tertiary/aromatic N) is 1. The molecule has 9 heteroatoms. The third kappa shape index (κ3) is 8.26. The minimum Gasteiger partial charge on any atom is -0.480 e. The van der Waals surface area contributed by atoms with E-state index in [9.17, 15) is 23.9 Å². The normalized spacial score (nSPS) is 12.7. The number of amides is 2. The Labute approximate surface area is 176 Å². The molecular weight excluding hydrogens is 395 g/mol. The van der Waals surface area contributed by atoms with Crippen molar-refractivity contribution in [2.45, 2.75) is 78.7 Å². The Kier molecular flexibility index (Phi) is 8.21. The molecule has 0 saturated carbocycles. The molecule has 1 aromatic rings. The van der Waals surface area contributed by atoms with E-state index in [1.54, 1.807) is 48.5 Å². The summed E-state index contributed by atoms with van der Waals surface area (Å²) >= 11 is 0. The van der Waals surface area contributed by atoms with Gasteiger partial charge < -0.3 is 19.9 Å². The maximum absolute atomic E-state index is 13.8. The van der Waals surface area contributed by atoms with E-state index in [1.165, 1.54) is 6.07 Å². The quantitative estimate of drug-likeness (QED) is 0.675. The van der Waals surface area contributed by atoms with Gasteiger partial charge in [0.15, 0.2) is 0 Å². The highest BCUT2D eigenvalue weighted by Gasteiger charge is 2.32. The number of halogens is 1. The lowest BCUT2D eigenvalue weighted by molar-refractivity contribution is -0.138. The summed E-state index contributed by atoms with van der Waals surface area (Å²) in [6.45, 7) is 11.3. The number of anilines is 1. The number of hydrogen-bond acceptors (Lipinski definition) is 6. The zero-order valence-corrected chi connectivity index (χ0v) is 18.5. The number of ether oxygens (including phenoxy) is 2. The van der Waals surface area contributed by atoms with Gasteiger partial charge in [0, 0.05) is 5.69 Å². The van der Waals surface area contributed by atoms with Crippen LogP contribution in [0, 0.1) is 5.82 Å². The number of nitrogens with one attached hydrogen (secondary N) is 1. The van der Waals surface area contributed by atoms with E-state index in [0.29, 0.717) is 5.56 Å². The fourth-order valence-corrected chi connectivity index (χ4v) is 2.36. The van der Waals surface area contributed by atoms with Crippen molar-refractivity contribution in [1.82, 2.24) is 4.90 Å². The third-order valence-electron chi connectivity index (χ3n) is 3.66. The second kappa shape index (κ2) is 9.77. The second-order valence-electron chi connectivity index (χ2n) is 8.79. The Morgan fingerprint density at radius 2 is 1.57 bits per heavy atom. The highest BCUT2D eigenvalue weighted by atomic mass is 19.1. The number of rotatable bonds is 6. The van der Waals surface area contributed by atoms with E-state index < -0.39 is 41.2 Å². The van der Waals surface area contributed by atoms with Crippen molar-refractivity contribution in [3.8, 4) is 0 Å². The van der Waals surface area contributed by atoms with Gasteiger partial charge in [-0.2, -0.15) is 0 Å². The van der Waals surface area contributed by atoms with E-state index in [1.807, 2.05) is 0 Å². The van der Waals surface area contributed by atoms with Crippen LogP contribution in [0.5, 0.6) is 0 Å². The number of aliphatic carboxylic acids is 1. The molecule has 2 amide bonds. The Morgan fingerprint density at radius 3 is 1.97 bits per heavy atom. The lowest BCUT2D eigenvalue weighted by Crippen LogP contribution is -2.43. The van der Waals surface area contributed by atoms with Crippen LogP contribution < -0.4 is 5.32 Å². The van der Waals surface area contributed by atoms with Crippen molar-refractivity contribution >= 4 is 23.8 Å². The molecule has 2 N–H and O–H groups in total. The van der Waals surface area contributed by atoms with Crippen molar-refractivity contribution in [2.24, 2.45) is 0 Å². The average molecular weight is 426 g/mol. The van der Waals surface area contributed by atoms with Crippen LogP contribution in [0.1, 0.15) is 60.5 Å². The van der Waals surface area contributed by atoms with Gasteiger partial charge in [0.05, 0.1) is 6.54 Å². The molecule has 30 heavy (non-hydrogen) atoms.